The van der Waals surface area contributed by atoms with Crippen molar-refractivity contribution in [3.8, 4) is 0 Å². The number of benzene rings is 1. The van der Waals surface area contributed by atoms with Crippen LogP contribution in [0.15, 0.2) is 18.2 Å². The first kappa shape index (κ1) is 15.9. The molecule has 2 rings (SSSR count). The van der Waals surface area contributed by atoms with Gasteiger partial charge in [-0.1, -0.05) is 0 Å². The summed E-state index contributed by atoms with van der Waals surface area (Å²) in [5.74, 6) is -2.16. The highest BCUT2D eigenvalue weighted by molar-refractivity contribution is 5.94. The molecule has 106 valence electrons. The van der Waals surface area contributed by atoms with Crippen LogP contribution in [0.4, 0.5) is 8.78 Å². The van der Waals surface area contributed by atoms with E-state index in [1.165, 1.54) is 6.07 Å². The van der Waals surface area contributed by atoms with Gasteiger partial charge in [-0.25, -0.2) is 8.78 Å². The Balaban J connectivity index is 0.00000180. The fourth-order valence-electron chi connectivity index (χ4n) is 2.21. The van der Waals surface area contributed by atoms with Crippen molar-refractivity contribution >= 4 is 18.3 Å². The van der Waals surface area contributed by atoms with Gasteiger partial charge in [0.15, 0.2) is 11.6 Å². The third kappa shape index (κ3) is 3.64. The maximum absolute atomic E-state index is 13.1. The van der Waals surface area contributed by atoms with E-state index in [1.54, 1.807) is 4.90 Å². The molecule has 1 fully saturated rings. The molecule has 1 unspecified atom stereocenters. The van der Waals surface area contributed by atoms with Gasteiger partial charge in [0.05, 0.1) is 0 Å². The third-order valence-corrected chi connectivity index (χ3v) is 3.28. The second kappa shape index (κ2) is 6.82. The van der Waals surface area contributed by atoms with E-state index in [0.29, 0.717) is 13.1 Å². The van der Waals surface area contributed by atoms with Crippen LogP contribution in [-0.2, 0) is 0 Å². The average molecular weight is 291 g/mol. The minimum Gasteiger partial charge on any atom is -0.337 e. The van der Waals surface area contributed by atoms with E-state index in [4.69, 9.17) is 0 Å². The molecule has 1 atom stereocenters. The molecule has 1 saturated heterocycles. The van der Waals surface area contributed by atoms with Gasteiger partial charge in [0.2, 0.25) is 0 Å². The van der Waals surface area contributed by atoms with Crippen molar-refractivity contribution in [1.82, 2.24) is 10.2 Å². The van der Waals surface area contributed by atoms with Crippen molar-refractivity contribution in [2.24, 2.45) is 0 Å². The topological polar surface area (TPSA) is 32.3 Å². The molecule has 0 saturated carbocycles. The SMILES string of the molecule is CNC1CCCN(C(=O)c2ccc(F)c(F)c2)C1.Cl. The lowest BCUT2D eigenvalue weighted by Gasteiger charge is -2.32. The normalized spacial score (nSPS) is 18.9. The molecular formula is C13H17ClF2N2O. The summed E-state index contributed by atoms with van der Waals surface area (Å²) in [6.45, 7) is 1.27. The summed E-state index contributed by atoms with van der Waals surface area (Å²) in [7, 11) is 1.86. The lowest BCUT2D eigenvalue weighted by molar-refractivity contribution is 0.0697. The molecule has 0 spiro atoms. The minimum absolute atomic E-state index is 0. The number of piperidine rings is 1. The molecule has 0 aromatic heterocycles. The second-order valence-electron chi connectivity index (χ2n) is 4.51. The highest BCUT2D eigenvalue weighted by atomic mass is 35.5. The molecule has 1 aromatic rings. The van der Waals surface area contributed by atoms with E-state index in [0.717, 1.165) is 25.0 Å². The molecule has 1 aromatic carbocycles. The summed E-state index contributed by atoms with van der Waals surface area (Å²) in [6.07, 6.45) is 1.94. The fourth-order valence-corrected chi connectivity index (χ4v) is 2.21. The largest absolute Gasteiger partial charge is 0.337 e. The molecule has 6 heteroatoms. The summed E-state index contributed by atoms with van der Waals surface area (Å²) in [4.78, 5) is 13.8. The van der Waals surface area contributed by atoms with Crippen molar-refractivity contribution in [3.05, 3.63) is 35.4 Å². The predicted octanol–water partition coefficient (Wildman–Crippen LogP) is 2.21. The van der Waals surface area contributed by atoms with E-state index >= 15 is 0 Å². The van der Waals surface area contributed by atoms with Gasteiger partial charge in [-0.2, -0.15) is 0 Å². The Labute approximate surface area is 117 Å². The molecule has 3 nitrogen and oxygen atoms in total. The van der Waals surface area contributed by atoms with Crippen LogP contribution in [0, 0.1) is 11.6 Å². The number of rotatable bonds is 2. The van der Waals surface area contributed by atoms with Crippen LogP contribution in [-0.4, -0.2) is 37.0 Å². The van der Waals surface area contributed by atoms with Crippen LogP contribution in [0.2, 0.25) is 0 Å². The molecule has 1 aliphatic heterocycles. The van der Waals surface area contributed by atoms with E-state index in [1.807, 2.05) is 7.05 Å². The maximum atomic E-state index is 13.1. The molecule has 1 aliphatic rings. The van der Waals surface area contributed by atoms with Crippen molar-refractivity contribution in [2.75, 3.05) is 20.1 Å². The number of carbonyl (C=O) groups excluding carboxylic acids is 1. The number of likely N-dealkylation sites (N-methyl/N-ethyl adjacent to an activating group) is 1. The van der Waals surface area contributed by atoms with Crippen molar-refractivity contribution in [1.29, 1.82) is 0 Å². The van der Waals surface area contributed by atoms with Crippen LogP contribution in [0.1, 0.15) is 23.2 Å². The number of amides is 1. The molecule has 0 aliphatic carbocycles. The molecule has 19 heavy (non-hydrogen) atoms. The summed E-state index contributed by atoms with van der Waals surface area (Å²) in [5.41, 5.74) is 0.200. The molecule has 1 heterocycles. The van der Waals surface area contributed by atoms with E-state index < -0.39 is 11.6 Å². The van der Waals surface area contributed by atoms with E-state index in [2.05, 4.69) is 5.32 Å². The Bertz CT molecular complexity index is 456. The van der Waals surface area contributed by atoms with Crippen LogP contribution < -0.4 is 5.32 Å². The Morgan fingerprint density at radius 2 is 2.11 bits per heavy atom. The zero-order chi connectivity index (χ0) is 13.1. The quantitative estimate of drug-likeness (QED) is 0.906. The van der Waals surface area contributed by atoms with Crippen molar-refractivity contribution in [3.63, 3.8) is 0 Å². The lowest BCUT2D eigenvalue weighted by Crippen LogP contribution is -2.46. The van der Waals surface area contributed by atoms with Gasteiger partial charge in [-0.15, -0.1) is 12.4 Å². The zero-order valence-electron chi connectivity index (χ0n) is 10.7. The summed E-state index contributed by atoms with van der Waals surface area (Å²) in [5, 5.41) is 3.13. The van der Waals surface area contributed by atoms with Crippen molar-refractivity contribution < 1.29 is 13.6 Å². The minimum atomic E-state index is -0.983. The number of carbonyl (C=O) groups is 1. The Morgan fingerprint density at radius 3 is 2.74 bits per heavy atom. The van der Waals surface area contributed by atoms with Gasteiger partial charge in [0.25, 0.3) is 5.91 Å². The number of likely N-dealkylation sites (tertiary alicyclic amines) is 1. The zero-order valence-corrected chi connectivity index (χ0v) is 11.5. The van der Waals surface area contributed by atoms with Gasteiger partial charge in [0.1, 0.15) is 0 Å². The number of hydrogen-bond donors (Lipinski definition) is 1. The van der Waals surface area contributed by atoms with Gasteiger partial charge in [-0.3, -0.25) is 4.79 Å². The monoisotopic (exact) mass is 290 g/mol. The van der Waals surface area contributed by atoms with Gasteiger partial charge < -0.3 is 10.2 Å². The molecule has 0 bridgehead atoms. The maximum Gasteiger partial charge on any atom is 0.254 e. The summed E-state index contributed by atoms with van der Waals surface area (Å²) < 4.78 is 25.9. The molecule has 0 radical (unpaired) electrons. The van der Waals surface area contributed by atoms with E-state index in [9.17, 15) is 13.6 Å². The first-order valence-electron chi connectivity index (χ1n) is 6.03. The molecule has 1 N–H and O–H groups in total. The van der Waals surface area contributed by atoms with Crippen LogP contribution in [0.25, 0.3) is 0 Å². The van der Waals surface area contributed by atoms with Crippen molar-refractivity contribution in [2.45, 2.75) is 18.9 Å². The highest BCUT2D eigenvalue weighted by Crippen LogP contribution is 2.15. The lowest BCUT2D eigenvalue weighted by atomic mass is 10.0. The first-order chi connectivity index (χ1) is 8.61. The Kier molecular flexibility index (Phi) is 5.69. The summed E-state index contributed by atoms with van der Waals surface area (Å²) >= 11 is 0. The second-order valence-corrected chi connectivity index (χ2v) is 4.51. The summed E-state index contributed by atoms with van der Waals surface area (Å²) in [6, 6.07) is 3.54. The van der Waals surface area contributed by atoms with Gasteiger partial charge >= 0.3 is 0 Å². The molecular weight excluding hydrogens is 274 g/mol. The number of nitrogens with zero attached hydrogens (tertiary/aromatic N) is 1. The highest BCUT2D eigenvalue weighted by Gasteiger charge is 2.23. The standard InChI is InChI=1S/C13H16F2N2O.ClH/c1-16-10-3-2-6-17(8-10)13(18)9-4-5-11(14)12(15)7-9;/h4-5,7,10,16H,2-3,6,8H2,1H3;1H. The van der Waals surface area contributed by atoms with Crippen LogP contribution in [0.3, 0.4) is 0 Å². The van der Waals surface area contributed by atoms with Gasteiger partial charge in [0, 0.05) is 24.7 Å². The van der Waals surface area contributed by atoms with E-state index in [-0.39, 0.29) is 29.9 Å². The first-order valence-corrected chi connectivity index (χ1v) is 6.03. The number of halogens is 3. The fraction of sp³-hybridized carbons (Fsp3) is 0.462. The average Bonchev–Trinajstić information content (AvgIpc) is 2.41. The molecule has 1 amide bonds. The predicted molar refractivity (Wildman–Crippen MR) is 71.6 cm³/mol. The third-order valence-electron chi connectivity index (χ3n) is 3.28. The van der Waals surface area contributed by atoms with Crippen LogP contribution >= 0.6 is 12.4 Å². The smallest absolute Gasteiger partial charge is 0.254 e. The Morgan fingerprint density at radius 1 is 1.37 bits per heavy atom. The Hall–Kier alpha value is -1.20. The number of hydrogen-bond acceptors (Lipinski definition) is 2. The van der Waals surface area contributed by atoms with Gasteiger partial charge in [-0.05, 0) is 38.1 Å². The van der Waals surface area contributed by atoms with Crippen LogP contribution in [0.5, 0.6) is 0 Å². The number of nitrogens with one attached hydrogen (secondary N) is 1.